The lowest BCUT2D eigenvalue weighted by Gasteiger charge is -2.35. The highest BCUT2D eigenvalue weighted by Crippen LogP contribution is 2.30. The van der Waals surface area contributed by atoms with Gasteiger partial charge in [-0.2, -0.15) is 0 Å². The number of nitrogens with zero attached hydrogens (tertiary/aromatic N) is 4. The second-order valence-corrected chi connectivity index (χ2v) is 6.96. The van der Waals surface area contributed by atoms with Crippen molar-refractivity contribution in [2.75, 3.05) is 32.1 Å². The Bertz CT molecular complexity index is 605. The average molecular weight is 396 g/mol. The molecule has 2 heterocycles. The molecule has 1 fully saturated rings. The van der Waals surface area contributed by atoms with Gasteiger partial charge in [0.25, 0.3) is 0 Å². The minimum Gasteiger partial charge on any atom is -0.345 e. The van der Waals surface area contributed by atoms with E-state index in [-0.39, 0.29) is 24.8 Å². The maximum absolute atomic E-state index is 5.92. The fraction of sp³-hybridized carbons (Fsp3) is 0.467. The molecule has 1 unspecified atom stereocenters. The van der Waals surface area contributed by atoms with Crippen LogP contribution in [0.2, 0.25) is 5.02 Å². The van der Waals surface area contributed by atoms with Gasteiger partial charge in [0, 0.05) is 30.2 Å². The van der Waals surface area contributed by atoms with Crippen molar-refractivity contribution in [2.45, 2.75) is 18.9 Å². The highest BCUT2D eigenvalue weighted by molar-refractivity contribution is 7.18. The summed E-state index contributed by atoms with van der Waals surface area (Å²) in [6.07, 6.45) is 2.46. The minimum atomic E-state index is 0. The van der Waals surface area contributed by atoms with Crippen molar-refractivity contribution in [2.24, 2.45) is 0 Å². The SMILES string of the molecule is CN1CCCC(N(C)c2nnc(-c3ccc(Cl)cc3)s2)C1.Cl.Cl. The number of hydrogen-bond acceptors (Lipinski definition) is 5. The lowest BCUT2D eigenvalue weighted by molar-refractivity contribution is 0.248. The third-order valence-electron chi connectivity index (χ3n) is 3.95. The van der Waals surface area contributed by atoms with Gasteiger partial charge in [-0.05, 0) is 38.6 Å². The van der Waals surface area contributed by atoms with E-state index >= 15 is 0 Å². The van der Waals surface area contributed by atoms with Crippen LogP contribution in [0.25, 0.3) is 10.6 Å². The molecule has 1 saturated heterocycles. The fourth-order valence-electron chi connectivity index (χ4n) is 2.68. The second kappa shape index (κ2) is 9.04. The molecule has 0 aliphatic carbocycles. The predicted molar refractivity (Wildman–Crippen MR) is 104 cm³/mol. The summed E-state index contributed by atoms with van der Waals surface area (Å²) in [7, 11) is 4.30. The van der Waals surface area contributed by atoms with Crippen LogP contribution in [0.15, 0.2) is 24.3 Å². The summed E-state index contributed by atoms with van der Waals surface area (Å²) in [5.41, 5.74) is 1.07. The Morgan fingerprint density at radius 2 is 1.91 bits per heavy atom. The minimum absolute atomic E-state index is 0. The van der Waals surface area contributed by atoms with Crippen LogP contribution in [0.5, 0.6) is 0 Å². The van der Waals surface area contributed by atoms with E-state index in [2.05, 4.69) is 34.1 Å². The molecule has 23 heavy (non-hydrogen) atoms. The molecule has 2 aromatic rings. The van der Waals surface area contributed by atoms with Crippen molar-refractivity contribution in [3.8, 4) is 10.6 Å². The molecule has 4 nitrogen and oxygen atoms in total. The van der Waals surface area contributed by atoms with Crippen LogP contribution >= 0.6 is 47.8 Å². The second-order valence-electron chi connectivity index (χ2n) is 5.57. The fourth-order valence-corrected chi connectivity index (χ4v) is 3.69. The number of piperidine rings is 1. The predicted octanol–water partition coefficient (Wildman–Crippen LogP) is 4.23. The van der Waals surface area contributed by atoms with Gasteiger partial charge in [-0.25, -0.2) is 0 Å². The van der Waals surface area contributed by atoms with Gasteiger partial charge in [0.1, 0.15) is 5.01 Å². The molecule has 0 spiro atoms. The van der Waals surface area contributed by atoms with Crippen molar-refractivity contribution in [1.82, 2.24) is 15.1 Å². The van der Waals surface area contributed by atoms with Crippen LogP contribution in [0.3, 0.4) is 0 Å². The zero-order valence-electron chi connectivity index (χ0n) is 13.1. The van der Waals surface area contributed by atoms with Crippen LogP contribution in [0, 0.1) is 0 Å². The first-order valence-electron chi connectivity index (χ1n) is 7.14. The molecule has 0 radical (unpaired) electrons. The van der Waals surface area contributed by atoms with Crippen LogP contribution in [0.1, 0.15) is 12.8 Å². The lowest BCUT2D eigenvalue weighted by atomic mass is 10.1. The van der Waals surface area contributed by atoms with Crippen LogP contribution in [-0.4, -0.2) is 48.3 Å². The maximum atomic E-state index is 5.92. The first-order valence-corrected chi connectivity index (χ1v) is 8.34. The molecule has 0 saturated carbocycles. The van der Waals surface area contributed by atoms with Crippen LogP contribution < -0.4 is 4.90 Å². The first-order chi connectivity index (χ1) is 10.1. The quantitative estimate of drug-likeness (QED) is 0.778. The largest absolute Gasteiger partial charge is 0.345 e. The van der Waals surface area contributed by atoms with Gasteiger partial charge < -0.3 is 9.80 Å². The molecule has 1 aromatic heterocycles. The third kappa shape index (κ3) is 4.94. The zero-order chi connectivity index (χ0) is 14.8. The van der Waals surface area contributed by atoms with Crippen LogP contribution in [-0.2, 0) is 0 Å². The summed E-state index contributed by atoms with van der Waals surface area (Å²) in [6, 6.07) is 8.27. The van der Waals surface area contributed by atoms with Crippen molar-refractivity contribution in [3.05, 3.63) is 29.3 Å². The highest BCUT2D eigenvalue weighted by Gasteiger charge is 2.23. The smallest absolute Gasteiger partial charge is 0.208 e. The Labute approximate surface area is 158 Å². The van der Waals surface area contributed by atoms with Gasteiger partial charge in [0.15, 0.2) is 0 Å². The van der Waals surface area contributed by atoms with E-state index in [9.17, 15) is 0 Å². The molecule has 0 bridgehead atoms. The Morgan fingerprint density at radius 3 is 2.57 bits per heavy atom. The summed E-state index contributed by atoms with van der Waals surface area (Å²) in [4.78, 5) is 4.65. The zero-order valence-corrected chi connectivity index (χ0v) is 16.3. The summed E-state index contributed by atoms with van der Waals surface area (Å²) >= 11 is 7.56. The lowest BCUT2D eigenvalue weighted by Crippen LogP contribution is -2.45. The normalized spacial score (nSPS) is 18.0. The average Bonchev–Trinajstić information content (AvgIpc) is 2.97. The van der Waals surface area contributed by atoms with E-state index in [4.69, 9.17) is 11.6 Å². The Morgan fingerprint density at radius 1 is 1.22 bits per heavy atom. The number of halogens is 3. The number of anilines is 1. The van der Waals surface area contributed by atoms with E-state index in [0.29, 0.717) is 6.04 Å². The molecule has 1 aliphatic rings. The molecule has 8 heteroatoms. The molecule has 3 rings (SSSR count). The molecule has 0 amide bonds. The summed E-state index contributed by atoms with van der Waals surface area (Å²) in [6.45, 7) is 2.28. The first kappa shape index (κ1) is 20.5. The number of likely N-dealkylation sites (tertiary alicyclic amines) is 1. The van der Waals surface area contributed by atoms with Gasteiger partial charge in [0.2, 0.25) is 5.13 Å². The van der Waals surface area contributed by atoms with E-state index < -0.39 is 0 Å². The van der Waals surface area contributed by atoms with E-state index in [0.717, 1.165) is 27.3 Å². The molecular formula is C15H21Cl3N4S. The number of rotatable bonds is 3. The molecule has 1 aromatic carbocycles. The van der Waals surface area contributed by atoms with Crippen molar-refractivity contribution >= 4 is 52.9 Å². The van der Waals surface area contributed by atoms with Crippen LogP contribution in [0.4, 0.5) is 5.13 Å². The van der Waals surface area contributed by atoms with E-state index in [1.165, 1.54) is 19.4 Å². The van der Waals surface area contributed by atoms with Gasteiger partial charge in [-0.3, -0.25) is 0 Å². The molecule has 128 valence electrons. The molecular weight excluding hydrogens is 375 g/mol. The van der Waals surface area contributed by atoms with Crippen molar-refractivity contribution in [3.63, 3.8) is 0 Å². The highest BCUT2D eigenvalue weighted by atomic mass is 35.5. The summed E-state index contributed by atoms with van der Waals surface area (Å²) < 4.78 is 0. The Kier molecular flexibility index (Phi) is 8.04. The van der Waals surface area contributed by atoms with Crippen molar-refractivity contribution in [1.29, 1.82) is 0 Å². The number of aromatic nitrogens is 2. The standard InChI is InChI=1S/C15H19ClN4S.2ClH/c1-19-9-3-4-13(10-19)20(2)15-18-17-14(21-15)11-5-7-12(16)8-6-11;;/h5-8,13H,3-4,9-10H2,1-2H3;2*1H. The number of hydrogen-bond donors (Lipinski definition) is 0. The maximum Gasteiger partial charge on any atom is 0.208 e. The summed E-state index contributed by atoms with van der Waals surface area (Å²) in [5.74, 6) is 0. The molecule has 1 aliphatic heterocycles. The van der Waals surface area contributed by atoms with Gasteiger partial charge >= 0.3 is 0 Å². The van der Waals surface area contributed by atoms with E-state index in [1.807, 2.05) is 24.3 Å². The van der Waals surface area contributed by atoms with Gasteiger partial charge in [-0.15, -0.1) is 35.0 Å². The molecule has 1 atom stereocenters. The van der Waals surface area contributed by atoms with Crippen molar-refractivity contribution < 1.29 is 0 Å². The Hall–Kier alpha value is -0.590. The Balaban J connectivity index is 0.00000132. The monoisotopic (exact) mass is 394 g/mol. The van der Waals surface area contributed by atoms with E-state index in [1.54, 1.807) is 11.3 Å². The molecule has 0 N–H and O–H groups in total. The van der Waals surface area contributed by atoms with Gasteiger partial charge in [-0.1, -0.05) is 35.1 Å². The van der Waals surface area contributed by atoms with Gasteiger partial charge in [0.05, 0.1) is 0 Å². The third-order valence-corrected chi connectivity index (χ3v) is 5.27. The summed E-state index contributed by atoms with van der Waals surface area (Å²) in [5, 5.41) is 11.3. The number of benzene rings is 1. The topological polar surface area (TPSA) is 32.3 Å². The number of likely N-dealkylation sites (N-methyl/N-ethyl adjacent to an activating group) is 2.